The Labute approximate surface area is 122 Å². The highest BCUT2D eigenvalue weighted by atomic mass is 35.5. The van der Waals surface area contributed by atoms with Crippen LogP contribution in [-0.4, -0.2) is 28.7 Å². The molecule has 1 amide bonds. The number of alkyl halides is 1. The number of primary amides is 1. The summed E-state index contributed by atoms with van der Waals surface area (Å²) in [6.07, 6.45) is 0. The van der Waals surface area contributed by atoms with Gasteiger partial charge in [-0.3, -0.25) is 4.79 Å². The number of nitrogens with two attached hydrogens (primary N) is 1. The summed E-state index contributed by atoms with van der Waals surface area (Å²) in [6.45, 7) is 4.81. The number of hydrogen-bond acceptors (Lipinski definition) is 3. The van der Waals surface area contributed by atoms with Gasteiger partial charge in [-0.1, -0.05) is 12.1 Å². The lowest BCUT2D eigenvalue weighted by molar-refractivity contribution is -0.122. The first-order chi connectivity index (χ1) is 9.50. The number of nitrogens with zero attached hydrogens (tertiary/aromatic N) is 2. The molecule has 1 aromatic heterocycles. The van der Waals surface area contributed by atoms with Crippen LogP contribution in [-0.2, 0) is 16.1 Å². The summed E-state index contributed by atoms with van der Waals surface area (Å²) in [5, 5.41) is -0.196. The van der Waals surface area contributed by atoms with Crippen LogP contribution in [0.3, 0.4) is 0 Å². The fourth-order valence-corrected chi connectivity index (χ4v) is 2.34. The third kappa shape index (κ3) is 3.11. The maximum Gasteiger partial charge on any atom is 0.243 e. The van der Waals surface area contributed by atoms with Gasteiger partial charge in [-0.25, -0.2) is 4.98 Å². The van der Waals surface area contributed by atoms with Crippen LogP contribution in [0.2, 0.25) is 0 Å². The number of carbonyl (C=O) groups is 1. The predicted molar refractivity (Wildman–Crippen MR) is 78.8 cm³/mol. The van der Waals surface area contributed by atoms with Crippen LogP contribution in [0, 0.1) is 6.92 Å². The molecule has 1 heterocycles. The Morgan fingerprint density at radius 2 is 2.30 bits per heavy atom. The molecule has 5 nitrogen and oxygen atoms in total. The Hall–Kier alpha value is -1.59. The van der Waals surface area contributed by atoms with Gasteiger partial charge in [0, 0.05) is 6.54 Å². The normalized spacial score (nSPS) is 12.8. The van der Waals surface area contributed by atoms with Gasteiger partial charge in [0.2, 0.25) is 5.91 Å². The summed E-state index contributed by atoms with van der Waals surface area (Å²) in [6, 6.07) is 6.01. The van der Waals surface area contributed by atoms with Crippen molar-refractivity contribution in [2.24, 2.45) is 5.73 Å². The Bertz CT molecular complexity index is 622. The van der Waals surface area contributed by atoms with Crippen molar-refractivity contribution >= 4 is 28.5 Å². The number of amides is 1. The van der Waals surface area contributed by atoms with Crippen LogP contribution in [0.15, 0.2) is 18.2 Å². The van der Waals surface area contributed by atoms with Crippen molar-refractivity contribution in [2.75, 3.05) is 13.2 Å². The number of carbonyl (C=O) groups excluding carboxylic acids is 1. The molecule has 6 heteroatoms. The summed E-state index contributed by atoms with van der Waals surface area (Å²) < 4.78 is 7.24. The van der Waals surface area contributed by atoms with Gasteiger partial charge in [0.1, 0.15) is 12.4 Å². The topological polar surface area (TPSA) is 70.1 Å². The number of hydrogen-bond donors (Lipinski definition) is 1. The molecule has 0 aliphatic rings. The van der Waals surface area contributed by atoms with Gasteiger partial charge in [0.15, 0.2) is 0 Å². The highest BCUT2D eigenvalue weighted by Crippen LogP contribution is 2.26. The van der Waals surface area contributed by atoms with Crippen molar-refractivity contribution in [1.82, 2.24) is 9.55 Å². The first-order valence-electron chi connectivity index (χ1n) is 6.46. The van der Waals surface area contributed by atoms with Crippen LogP contribution in [0.25, 0.3) is 11.0 Å². The predicted octanol–water partition coefficient (Wildman–Crippen LogP) is 2.15. The fourth-order valence-electron chi connectivity index (χ4n) is 2.17. The Kier molecular flexibility index (Phi) is 4.62. The maximum atomic E-state index is 10.6. The van der Waals surface area contributed by atoms with Gasteiger partial charge in [0.05, 0.1) is 23.0 Å². The lowest BCUT2D eigenvalue weighted by atomic mass is 10.2. The van der Waals surface area contributed by atoms with Crippen molar-refractivity contribution in [1.29, 1.82) is 0 Å². The molecule has 0 spiro atoms. The number of aryl methyl sites for hydroxylation is 1. The first-order valence-corrected chi connectivity index (χ1v) is 6.90. The number of fused-ring (bicyclic) bond motifs is 1. The van der Waals surface area contributed by atoms with E-state index in [2.05, 4.69) is 4.98 Å². The molecule has 2 aromatic rings. The smallest absolute Gasteiger partial charge is 0.243 e. The molecule has 0 fully saturated rings. The summed E-state index contributed by atoms with van der Waals surface area (Å²) in [7, 11) is 0. The lowest BCUT2D eigenvalue weighted by Gasteiger charge is -2.10. The average Bonchev–Trinajstić information content (AvgIpc) is 2.75. The molecule has 0 radical (unpaired) electrons. The molecule has 0 saturated heterocycles. The monoisotopic (exact) mass is 295 g/mol. The van der Waals surface area contributed by atoms with Gasteiger partial charge in [-0.2, -0.15) is 0 Å². The molecule has 1 atom stereocenters. The number of aromatic nitrogens is 2. The average molecular weight is 296 g/mol. The van der Waals surface area contributed by atoms with E-state index in [0.717, 1.165) is 22.4 Å². The number of ether oxygens (including phenoxy) is 1. The lowest BCUT2D eigenvalue weighted by Crippen LogP contribution is -2.20. The number of imidazole rings is 1. The molecule has 0 bridgehead atoms. The SMILES string of the molecule is Cc1cccc2c1nc(C(C)Cl)n2CCOCC(N)=O. The summed E-state index contributed by atoms with van der Waals surface area (Å²) in [5.41, 5.74) is 8.12. The van der Waals surface area contributed by atoms with E-state index in [4.69, 9.17) is 22.1 Å². The zero-order valence-corrected chi connectivity index (χ0v) is 12.4. The van der Waals surface area contributed by atoms with Gasteiger partial charge in [-0.05, 0) is 25.5 Å². The Morgan fingerprint density at radius 1 is 1.55 bits per heavy atom. The minimum Gasteiger partial charge on any atom is -0.370 e. The van der Waals surface area contributed by atoms with E-state index in [1.165, 1.54) is 0 Å². The molecule has 0 saturated carbocycles. The van der Waals surface area contributed by atoms with E-state index in [0.29, 0.717) is 13.2 Å². The minimum absolute atomic E-state index is 0.0720. The van der Waals surface area contributed by atoms with Gasteiger partial charge in [0.25, 0.3) is 0 Å². The molecular formula is C14H18ClN3O2. The standard InChI is InChI=1S/C14H18ClN3O2/c1-9-4-3-5-11-13(9)17-14(10(2)15)18(11)6-7-20-8-12(16)19/h3-5,10H,6-8H2,1-2H3,(H2,16,19). The molecule has 20 heavy (non-hydrogen) atoms. The Balaban J connectivity index is 2.27. The van der Waals surface area contributed by atoms with E-state index in [1.807, 2.05) is 36.6 Å². The van der Waals surface area contributed by atoms with E-state index in [1.54, 1.807) is 0 Å². The van der Waals surface area contributed by atoms with Crippen LogP contribution in [0.4, 0.5) is 0 Å². The van der Waals surface area contributed by atoms with Crippen LogP contribution in [0.5, 0.6) is 0 Å². The van der Waals surface area contributed by atoms with E-state index < -0.39 is 5.91 Å². The third-order valence-electron chi connectivity index (χ3n) is 3.07. The minimum atomic E-state index is -0.470. The molecule has 0 aliphatic carbocycles. The number of halogens is 1. The quantitative estimate of drug-likeness (QED) is 0.656. The maximum absolute atomic E-state index is 10.6. The summed E-state index contributed by atoms with van der Waals surface area (Å²) >= 11 is 6.20. The number of benzene rings is 1. The second-order valence-electron chi connectivity index (χ2n) is 4.70. The Morgan fingerprint density at radius 3 is 2.95 bits per heavy atom. The first kappa shape index (κ1) is 14.8. The van der Waals surface area contributed by atoms with Crippen LogP contribution >= 0.6 is 11.6 Å². The third-order valence-corrected chi connectivity index (χ3v) is 3.26. The zero-order valence-electron chi connectivity index (χ0n) is 11.6. The van der Waals surface area contributed by atoms with Crippen LogP contribution < -0.4 is 5.73 Å². The summed E-state index contributed by atoms with van der Waals surface area (Å²) in [5.74, 6) is 0.334. The second-order valence-corrected chi connectivity index (χ2v) is 5.35. The molecule has 1 unspecified atom stereocenters. The van der Waals surface area contributed by atoms with Crippen molar-refractivity contribution in [2.45, 2.75) is 25.8 Å². The van der Waals surface area contributed by atoms with Gasteiger partial charge in [-0.15, -0.1) is 11.6 Å². The zero-order chi connectivity index (χ0) is 14.7. The molecule has 1 aromatic carbocycles. The van der Waals surface area contributed by atoms with Crippen molar-refractivity contribution in [3.63, 3.8) is 0 Å². The molecule has 2 rings (SSSR count). The van der Waals surface area contributed by atoms with Crippen molar-refractivity contribution < 1.29 is 9.53 Å². The van der Waals surface area contributed by atoms with Gasteiger partial charge < -0.3 is 15.0 Å². The van der Waals surface area contributed by atoms with E-state index >= 15 is 0 Å². The molecular weight excluding hydrogens is 278 g/mol. The summed E-state index contributed by atoms with van der Waals surface area (Å²) in [4.78, 5) is 15.3. The molecule has 108 valence electrons. The highest BCUT2D eigenvalue weighted by molar-refractivity contribution is 6.20. The second kappa shape index (κ2) is 6.24. The molecule has 2 N–H and O–H groups in total. The van der Waals surface area contributed by atoms with E-state index in [9.17, 15) is 4.79 Å². The molecule has 0 aliphatic heterocycles. The largest absolute Gasteiger partial charge is 0.370 e. The fraction of sp³-hybridized carbons (Fsp3) is 0.429. The van der Waals surface area contributed by atoms with Crippen molar-refractivity contribution in [3.05, 3.63) is 29.6 Å². The number of para-hydroxylation sites is 1. The van der Waals surface area contributed by atoms with Crippen molar-refractivity contribution in [3.8, 4) is 0 Å². The highest BCUT2D eigenvalue weighted by Gasteiger charge is 2.15. The van der Waals surface area contributed by atoms with Gasteiger partial charge >= 0.3 is 0 Å². The van der Waals surface area contributed by atoms with E-state index in [-0.39, 0.29) is 12.0 Å². The van der Waals surface area contributed by atoms with Crippen LogP contribution in [0.1, 0.15) is 23.7 Å². The number of rotatable bonds is 6.